The molecule has 0 aliphatic heterocycles. The van der Waals surface area contributed by atoms with E-state index in [9.17, 15) is 18.0 Å². The number of hydrogen-bond acceptors (Lipinski definition) is 5. The Morgan fingerprint density at radius 2 is 2.07 bits per heavy atom. The summed E-state index contributed by atoms with van der Waals surface area (Å²) in [6.45, 7) is 2.70. The summed E-state index contributed by atoms with van der Waals surface area (Å²) in [5, 5.41) is 11.1. The van der Waals surface area contributed by atoms with Crippen LogP contribution in [0, 0.1) is 0 Å². The lowest BCUT2D eigenvalue weighted by Gasteiger charge is -2.08. The second-order valence-corrected chi connectivity index (χ2v) is 6.74. The van der Waals surface area contributed by atoms with Crippen LogP contribution in [0.3, 0.4) is 0 Å². The summed E-state index contributed by atoms with van der Waals surface area (Å²) in [6.07, 6.45) is -2.04. The van der Waals surface area contributed by atoms with Crippen LogP contribution >= 0.6 is 11.8 Å². The van der Waals surface area contributed by atoms with Gasteiger partial charge in [-0.15, -0.1) is 10.2 Å². The van der Waals surface area contributed by atoms with E-state index in [1.54, 1.807) is 24.5 Å². The minimum absolute atomic E-state index is 0.0216. The molecule has 3 rings (SSSR count). The first kappa shape index (κ1) is 19.9. The first-order chi connectivity index (χ1) is 13.4. The Morgan fingerprint density at radius 3 is 2.75 bits per heavy atom. The quantitative estimate of drug-likeness (QED) is 0.623. The second kappa shape index (κ2) is 8.42. The summed E-state index contributed by atoms with van der Waals surface area (Å²) in [6, 6.07) is 9.39. The smallest absolute Gasteiger partial charge is 0.325 e. The van der Waals surface area contributed by atoms with Crippen molar-refractivity contribution < 1.29 is 18.0 Å². The van der Waals surface area contributed by atoms with Gasteiger partial charge in [0.2, 0.25) is 5.91 Å². The highest BCUT2D eigenvalue weighted by Gasteiger charge is 2.30. The Labute approximate surface area is 163 Å². The fourth-order valence-corrected chi connectivity index (χ4v) is 3.06. The van der Waals surface area contributed by atoms with Gasteiger partial charge in [0.25, 0.3) is 0 Å². The van der Waals surface area contributed by atoms with Gasteiger partial charge in [-0.2, -0.15) is 13.2 Å². The molecule has 0 aliphatic carbocycles. The van der Waals surface area contributed by atoms with Crippen LogP contribution < -0.4 is 5.32 Å². The molecule has 1 amide bonds. The first-order valence-corrected chi connectivity index (χ1v) is 9.29. The topological polar surface area (TPSA) is 72.7 Å². The van der Waals surface area contributed by atoms with Crippen LogP contribution in [0.5, 0.6) is 0 Å². The SMILES string of the molecule is CCn1cnnc1-c1cccc(NC(=O)CSc2ccc(C(F)(F)F)cn2)c1. The van der Waals surface area contributed by atoms with Crippen molar-refractivity contribution in [3.63, 3.8) is 0 Å². The molecule has 0 spiro atoms. The van der Waals surface area contributed by atoms with Crippen LogP contribution in [0.15, 0.2) is 53.9 Å². The van der Waals surface area contributed by atoms with Crippen molar-refractivity contribution in [3.8, 4) is 11.4 Å². The molecule has 0 fully saturated rings. The number of pyridine rings is 1. The van der Waals surface area contributed by atoms with Gasteiger partial charge < -0.3 is 9.88 Å². The van der Waals surface area contributed by atoms with E-state index in [0.717, 1.165) is 36.1 Å². The number of hydrogen-bond donors (Lipinski definition) is 1. The lowest BCUT2D eigenvalue weighted by molar-refractivity contribution is -0.137. The molecule has 0 radical (unpaired) electrons. The van der Waals surface area contributed by atoms with Gasteiger partial charge in [0.1, 0.15) is 6.33 Å². The molecule has 10 heteroatoms. The molecule has 6 nitrogen and oxygen atoms in total. The zero-order chi connectivity index (χ0) is 20.1. The fraction of sp³-hybridized carbons (Fsp3) is 0.222. The number of halogens is 3. The third-order valence-corrected chi connectivity index (χ3v) is 4.72. The fourth-order valence-electron chi connectivity index (χ4n) is 2.42. The lowest BCUT2D eigenvalue weighted by Crippen LogP contribution is -2.14. The van der Waals surface area contributed by atoms with Crippen molar-refractivity contribution in [1.82, 2.24) is 19.7 Å². The van der Waals surface area contributed by atoms with Crippen molar-refractivity contribution in [3.05, 3.63) is 54.5 Å². The molecule has 0 bridgehead atoms. The molecule has 1 N–H and O–H groups in total. The van der Waals surface area contributed by atoms with Gasteiger partial charge in [0, 0.05) is 24.0 Å². The van der Waals surface area contributed by atoms with E-state index < -0.39 is 11.7 Å². The molecular formula is C18H16F3N5OS. The molecule has 0 saturated heterocycles. The standard InChI is InChI=1S/C18H16F3N5OS/c1-2-26-11-23-25-17(26)12-4-3-5-14(8-12)24-15(27)10-28-16-7-6-13(9-22-16)18(19,20)21/h3-9,11H,2,10H2,1H3,(H,24,27). The highest BCUT2D eigenvalue weighted by molar-refractivity contribution is 7.99. The van der Waals surface area contributed by atoms with Crippen molar-refractivity contribution in [2.45, 2.75) is 24.7 Å². The number of nitrogens with zero attached hydrogens (tertiary/aromatic N) is 4. The van der Waals surface area contributed by atoms with E-state index in [2.05, 4.69) is 20.5 Å². The average molecular weight is 407 g/mol. The number of thioether (sulfide) groups is 1. The van der Waals surface area contributed by atoms with Crippen molar-refractivity contribution in [2.24, 2.45) is 0 Å². The van der Waals surface area contributed by atoms with E-state index in [4.69, 9.17) is 0 Å². The zero-order valence-corrected chi connectivity index (χ0v) is 15.6. The van der Waals surface area contributed by atoms with E-state index in [-0.39, 0.29) is 11.7 Å². The zero-order valence-electron chi connectivity index (χ0n) is 14.8. The molecule has 0 atom stereocenters. The summed E-state index contributed by atoms with van der Waals surface area (Å²) < 4.78 is 39.5. The number of benzene rings is 1. The number of anilines is 1. The van der Waals surface area contributed by atoms with Gasteiger partial charge >= 0.3 is 6.18 Å². The largest absolute Gasteiger partial charge is 0.417 e. The number of amides is 1. The van der Waals surface area contributed by atoms with E-state index in [1.165, 1.54) is 6.07 Å². The van der Waals surface area contributed by atoms with E-state index >= 15 is 0 Å². The van der Waals surface area contributed by atoms with Crippen molar-refractivity contribution >= 4 is 23.4 Å². The summed E-state index contributed by atoms with van der Waals surface area (Å²) in [5.74, 6) is 0.427. The van der Waals surface area contributed by atoms with E-state index in [0.29, 0.717) is 16.5 Å². The summed E-state index contributed by atoms with van der Waals surface area (Å²) in [5.41, 5.74) is 0.585. The van der Waals surface area contributed by atoms with Gasteiger partial charge in [-0.25, -0.2) is 4.98 Å². The summed E-state index contributed by atoms with van der Waals surface area (Å²) in [4.78, 5) is 15.9. The Hall–Kier alpha value is -2.88. The number of aromatic nitrogens is 4. The van der Waals surface area contributed by atoms with E-state index in [1.807, 2.05) is 17.6 Å². The highest BCUT2D eigenvalue weighted by Crippen LogP contribution is 2.29. The summed E-state index contributed by atoms with van der Waals surface area (Å²) >= 11 is 1.06. The van der Waals surface area contributed by atoms with Gasteiger partial charge in [-0.1, -0.05) is 23.9 Å². The van der Waals surface area contributed by atoms with Gasteiger partial charge in [0.05, 0.1) is 16.3 Å². The van der Waals surface area contributed by atoms with Crippen molar-refractivity contribution in [2.75, 3.05) is 11.1 Å². The first-order valence-electron chi connectivity index (χ1n) is 8.31. The van der Waals surface area contributed by atoms with Crippen LogP contribution in [-0.2, 0) is 17.5 Å². The second-order valence-electron chi connectivity index (χ2n) is 5.74. The van der Waals surface area contributed by atoms with Gasteiger partial charge in [-0.3, -0.25) is 4.79 Å². The normalized spacial score (nSPS) is 11.4. The van der Waals surface area contributed by atoms with Crippen molar-refractivity contribution in [1.29, 1.82) is 0 Å². The third kappa shape index (κ3) is 4.89. The summed E-state index contributed by atoms with van der Waals surface area (Å²) in [7, 11) is 0. The molecule has 0 saturated carbocycles. The monoisotopic (exact) mass is 407 g/mol. The Kier molecular flexibility index (Phi) is 5.98. The number of rotatable bonds is 6. The maximum Gasteiger partial charge on any atom is 0.417 e. The number of aryl methyl sites for hydroxylation is 1. The molecule has 28 heavy (non-hydrogen) atoms. The van der Waals surface area contributed by atoms with Gasteiger partial charge in [-0.05, 0) is 31.2 Å². The minimum Gasteiger partial charge on any atom is -0.325 e. The predicted molar refractivity (Wildman–Crippen MR) is 99.7 cm³/mol. The minimum atomic E-state index is -4.43. The molecular weight excluding hydrogens is 391 g/mol. The molecule has 146 valence electrons. The number of alkyl halides is 3. The van der Waals surface area contributed by atoms with Crippen LogP contribution in [0.25, 0.3) is 11.4 Å². The molecule has 2 heterocycles. The van der Waals surface area contributed by atoms with Crippen LogP contribution in [0.4, 0.5) is 18.9 Å². The highest BCUT2D eigenvalue weighted by atomic mass is 32.2. The van der Waals surface area contributed by atoms with Crippen LogP contribution in [0.2, 0.25) is 0 Å². The molecule has 0 aliphatic rings. The average Bonchev–Trinajstić information content (AvgIpc) is 3.15. The number of carbonyl (C=O) groups is 1. The number of carbonyl (C=O) groups excluding carboxylic acids is 1. The lowest BCUT2D eigenvalue weighted by atomic mass is 10.2. The molecule has 0 unspecified atom stereocenters. The Bertz CT molecular complexity index is 956. The molecule has 2 aromatic heterocycles. The Balaban J connectivity index is 1.60. The van der Waals surface area contributed by atoms with Gasteiger partial charge in [0.15, 0.2) is 5.82 Å². The van der Waals surface area contributed by atoms with Crippen LogP contribution in [0.1, 0.15) is 12.5 Å². The molecule has 3 aromatic rings. The predicted octanol–water partition coefficient (Wildman–Crippen LogP) is 4.11. The maximum atomic E-state index is 12.5. The molecule has 1 aromatic carbocycles. The van der Waals surface area contributed by atoms with Crippen LogP contribution in [-0.4, -0.2) is 31.4 Å². The maximum absolute atomic E-state index is 12.5. The number of nitrogens with one attached hydrogen (secondary N) is 1. The Morgan fingerprint density at radius 1 is 1.25 bits per heavy atom. The third-order valence-electron chi connectivity index (χ3n) is 3.78.